The largest absolute Gasteiger partial charge is 0.390 e. The Morgan fingerprint density at radius 3 is 2.50 bits per heavy atom. The van der Waals surface area contributed by atoms with E-state index in [1.165, 1.54) is 32.1 Å². The lowest BCUT2D eigenvalue weighted by Gasteiger charge is -2.20. The van der Waals surface area contributed by atoms with Crippen molar-refractivity contribution in [3.8, 4) is 0 Å². The predicted molar refractivity (Wildman–Crippen MR) is 53.8 cm³/mol. The molecule has 0 amide bonds. The molecule has 3 heteroatoms. The van der Waals surface area contributed by atoms with Crippen molar-refractivity contribution in [3.63, 3.8) is 0 Å². The molecule has 1 aliphatic rings. The molecule has 0 radical (unpaired) electrons. The van der Waals surface area contributed by atoms with Crippen molar-refractivity contribution in [2.45, 2.75) is 44.6 Å². The van der Waals surface area contributed by atoms with Crippen LogP contribution < -0.4 is 0 Å². The summed E-state index contributed by atoms with van der Waals surface area (Å²) in [4.78, 5) is 0. The number of hydrogen-bond acceptors (Lipinski definition) is 3. The number of aliphatic hydroxyl groups is 1. The van der Waals surface area contributed by atoms with E-state index in [2.05, 4.69) is 10.2 Å². The van der Waals surface area contributed by atoms with Gasteiger partial charge in [0.1, 0.15) is 0 Å². The Bertz CT molecular complexity index is 278. The van der Waals surface area contributed by atoms with Gasteiger partial charge >= 0.3 is 0 Å². The molecule has 1 aliphatic carbocycles. The van der Waals surface area contributed by atoms with Gasteiger partial charge in [-0.2, -0.15) is 10.2 Å². The first-order valence-electron chi connectivity index (χ1n) is 5.33. The predicted octanol–water partition coefficient (Wildman–Crippen LogP) is 2.02. The van der Waals surface area contributed by atoms with Crippen molar-refractivity contribution >= 4 is 0 Å². The normalized spacial score (nSPS) is 18.4. The first-order chi connectivity index (χ1) is 6.90. The summed E-state index contributed by atoms with van der Waals surface area (Å²) in [5, 5.41) is 17.0. The minimum Gasteiger partial charge on any atom is -0.390 e. The van der Waals surface area contributed by atoms with Crippen molar-refractivity contribution in [3.05, 3.63) is 23.5 Å². The highest BCUT2D eigenvalue weighted by Gasteiger charge is 2.16. The molecule has 2 rings (SSSR count). The third-order valence-corrected chi connectivity index (χ3v) is 2.93. The fourth-order valence-electron chi connectivity index (χ4n) is 2.07. The minimum atomic E-state index is -0.0159. The fourth-order valence-corrected chi connectivity index (χ4v) is 2.07. The maximum absolute atomic E-state index is 8.84. The SMILES string of the molecule is OCc1ccc(C2CCCCC2)nn1. The number of hydrogen-bond donors (Lipinski definition) is 1. The second-order valence-electron chi connectivity index (χ2n) is 3.94. The van der Waals surface area contributed by atoms with Crippen LogP contribution in [0.25, 0.3) is 0 Å². The van der Waals surface area contributed by atoms with Crippen molar-refractivity contribution < 1.29 is 5.11 Å². The quantitative estimate of drug-likeness (QED) is 0.779. The van der Waals surface area contributed by atoms with E-state index < -0.39 is 0 Å². The monoisotopic (exact) mass is 192 g/mol. The molecule has 0 unspecified atom stereocenters. The lowest BCUT2D eigenvalue weighted by atomic mass is 9.87. The highest BCUT2D eigenvalue weighted by molar-refractivity contribution is 5.11. The molecular weight excluding hydrogens is 176 g/mol. The summed E-state index contributed by atoms with van der Waals surface area (Å²) in [7, 11) is 0. The second kappa shape index (κ2) is 4.51. The van der Waals surface area contributed by atoms with Gasteiger partial charge in [-0.25, -0.2) is 0 Å². The van der Waals surface area contributed by atoms with Crippen LogP contribution in [0.5, 0.6) is 0 Å². The Morgan fingerprint density at radius 1 is 1.14 bits per heavy atom. The Balaban J connectivity index is 2.07. The van der Waals surface area contributed by atoms with E-state index in [0.29, 0.717) is 11.6 Å². The Morgan fingerprint density at radius 2 is 1.93 bits per heavy atom. The van der Waals surface area contributed by atoms with Crippen LogP contribution in [0.15, 0.2) is 12.1 Å². The van der Waals surface area contributed by atoms with Gasteiger partial charge in [0, 0.05) is 5.92 Å². The van der Waals surface area contributed by atoms with Gasteiger partial charge in [0.05, 0.1) is 18.0 Å². The minimum absolute atomic E-state index is 0.0159. The van der Waals surface area contributed by atoms with E-state index in [0.717, 1.165) is 5.69 Å². The molecule has 0 atom stereocenters. The van der Waals surface area contributed by atoms with Crippen molar-refractivity contribution in [1.82, 2.24) is 10.2 Å². The van der Waals surface area contributed by atoms with Crippen LogP contribution >= 0.6 is 0 Å². The molecule has 14 heavy (non-hydrogen) atoms. The zero-order valence-electron chi connectivity index (χ0n) is 8.32. The molecule has 0 spiro atoms. The van der Waals surface area contributed by atoms with Crippen LogP contribution in [0.4, 0.5) is 0 Å². The van der Waals surface area contributed by atoms with E-state index in [-0.39, 0.29) is 6.61 Å². The summed E-state index contributed by atoms with van der Waals surface area (Å²) in [5.74, 6) is 0.601. The maximum Gasteiger partial charge on any atom is 0.0885 e. The average molecular weight is 192 g/mol. The first-order valence-corrected chi connectivity index (χ1v) is 5.33. The van der Waals surface area contributed by atoms with E-state index in [4.69, 9.17) is 5.11 Å². The van der Waals surface area contributed by atoms with E-state index >= 15 is 0 Å². The van der Waals surface area contributed by atoms with Gasteiger partial charge in [0.2, 0.25) is 0 Å². The van der Waals surface area contributed by atoms with Crippen LogP contribution in [0.1, 0.15) is 49.4 Å². The summed E-state index contributed by atoms with van der Waals surface area (Å²) in [6, 6.07) is 3.88. The zero-order valence-corrected chi connectivity index (χ0v) is 8.32. The highest BCUT2D eigenvalue weighted by Crippen LogP contribution is 2.30. The van der Waals surface area contributed by atoms with Crippen LogP contribution in [-0.4, -0.2) is 15.3 Å². The summed E-state index contributed by atoms with van der Waals surface area (Å²) < 4.78 is 0. The summed E-state index contributed by atoms with van der Waals surface area (Å²) in [6.07, 6.45) is 6.47. The van der Waals surface area contributed by atoms with E-state index in [9.17, 15) is 0 Å². The third kappa shape index (κ3) is 2.10. The zero-order chi connectivity index (χ0) is 9.80. The summed E-state index contributed by atoms with van der Waals surface area (Å²) >= 11 is 0. The average Bonchev–Trinajstić information content (AvgIpc) is 2.30. The molecule has 1 aromatic rings. The number of nitrogens with zero attached hydrogens (tertiary/aromatic N) is 2. The first kappa shape index (κ1) is 9.59. The van der Waals surface area contributed by atoms with E-state index in [1.807, 2.05) is 12.1 Å². The Labute approximate surface area is 84.2 Å². The number of rotatable bonds is 2. The van der Waals surface area contributed by atoms with Crippen molar-refractivity contribution in [2.75, 3.05) is 0 Å². The molecule has 1 fully saturated rings. The molecule has 0 aromatic carbocycles. The van der Waals surface area contributed by atoms with E-state index in [1.54, 1.807) is 0 Å². The molecule has 0 aliphatic heterocycles. The van der Waals surface area contributed by atoms with Gasteiger partial charge < -0.3 is 5.11 Å². The molecule has 0 saturated heterocycles. The molecule has 0 bridgehead atoms. The maximum atomic E-state index is 8.84. The smallest absolute Gasteiger partial charge is 0.0885 e. The van der Waals surface area contributed by atoms with Crippen molar-refractivity contribution in [1.29, 1.82) is 0 Å². The van der Waals surface area contributed by atoms with Gasteiger partial charge in [-0.3, -0.25) is 0 Å². The van der Waals surface area contributed by atoms with Crippen LogP contribution in [0.3, 0.4) is 0 Å². The molecule has 3 nitrogen and oxygen atoms in total. The molecule has 76 valence electrons. The number of aromatic nitrogens is 2. The lowest BCUT2D eigenvalue weighted by Crippen LogP contribution is -2.08. The lowest BCUT2D eigenvalue weighted by molar-refractivity contribution is 0.275. The Hall–Kier alpha value is -0.960. The fraction of sp³-hybridized carbons (Fsp3) is 0.636. The van der Waals surface area contributed by atoms with Gasteiger partial charge in [0.15, 0.2) is 0 Å². The van der Waals surface area contributed by atoms with Gasteiger partial charge in [-0.15, -0.1) is 0 Å². The van der Waals surface area contributed by atoms with Gasteiger partial charge in [-0.05, 0) is 25.0 Å². The van der Waals surface area contributed by atoms with Gasteiger partial charge in [-0.1, -0.05) is 19.3 Å². The van der Waals surface area contributed by atoms with Crippen LogP contribution in [-0.2, 0) is 6.61 Å². The summed E-state index contributed by atoms with van der Waals surface area (Å²) in [6.45, 7) is -0.0159. The molecule has 1 aromatic heterocycles. The third-order valence-electron chi connectivity index (χ3n) is 2.93. The standard InChI is InChI=1S/C11H16N2O/c14-8-10-6-7-11(13-12-10)9-4-2-1-3-5-9/h6-7,9,14H,1-5,8H2. The highest BCUT2D eigenvalue weighted by atomic mass is 16.3. The van der Waals surface area contributed by atoms with Crippen LogP contribution in [0.2, 0.25) is 0 Å². The van der Waals surface area contributed by atoms with Crippen molar-refractivity contribution in [2.24, 2.45) is 0 Å². The molecule has 1 heterocycles. The second-order valence-corrected chi connectivity index (χ2v) is 3.94. The summed E-state index contributed by atoms with van der Waals surface area (Å²) in [5.41, 5.74) is 1.76. The Kier molecular flexibility index (Phi) is 3.09. The number of aliphatic hydroxyl groups excluding tert-OH is 1. The molecule has 1 N–H and O–H groups in total. The molecular formula is C11H16N2O. The van der Waals surface area contributed by atoms with Crippen LogP contribution in [0, 0.1) is 0 Å². The molecule has 1 saturated carbocycles. The van der Waals surface area contributed by atoms with Gasteiger partial charge in [0.25, 0.3) is 0 Å². The topological polar surface area (TPSA) is 46.0 Å².